The van der Waals surface area contributed by atoms with Crippen molar-refractivity contribution < 1.29 is 36.7 Å². The van der Waals surface area contributed by atoms with Crippen molar-refractivity contribution in [1.29, 1.82) is 0 Å². The number of aromatic nitrogens is 3. The van der Waals surface area contributed by atoms with E-state index in [9.17, 15) is 22.4 Å². The van der Waals surface area contributed by atoms with Crippen LogP contribution < -0.4 is 11.1 Å². The first-order valence-corrected chi connectivity index (χ1v) is 8.74. The molecule has 13 heteroatoms. The molecule has 0 spiro atoms. The number of halogens is 4. The van der Waals surface area contributed by atoms with Crippen molar-refractivity contribution >= 4 is 22.8 Å². The minimum Gasteiger partial charge on any atom is -0.475 e. The number of nitrogens with two attached hydrogens (primary N) is 1. The zero-order chi connectivity index (χ0) is 23.5. The number of carboxylic acids is 1. The Morgan fingerprint density at radius 2 is 1.97 bits per heavy atom. The van der Waals surface area contributed by atoms with Crippen LogP contribution in [-0.4, -0.2) is 38.2 Å². The van der Waals surface area contributed by atoms with Crippen LogP contribution in [0.25, 0.3) is 11.0 Å². The summed E-state index contributed by atoms with van der Waals surface area (Å²) in [5, 5.41) is 18.3. The fraction of sp³-hybridized carbons (Fsp3) is 0.333. The second-order valence-corrected chi connectivity index (χ2v) is 6.44. The van der Waals surface area contributed by atoms with Gasteiger partial charge in [-0.25, -0.2) is 13.9 Å². The maximum Gasteiger partial charge on any atom is 0.490 e. The largest absolute Gasteiger partial charge is 0.490 e. The second kappa shape index (κ2) is 9.12. The molecule has 0 aliphatic rings. The molecule has 0 aliphatic carbocycles. The molecule has 0 radical (unpaired) electrons. The molecule has 31 heavy (non-hydrogen) atoms. The lowest BCUT2D eigenvalue weighted by Crippen LogP contribution is -2.29. The smallest absolute Gasteiger partial charge is 0.475 e. The molecule has 3 rings (SSSR count). The summed E-state index contributed by atoms with van der Waals surface area (Å²) in [4.78, 5) is 21.4. The lowest BCUT2D eigenvalue weighted by atomic mass is 10.1. The van der Waals surface area contributed by atoms with Crippen LogP contribution >= 0.6 is 0 Å². The summed E-state index contributed by atoms with van der Waals surface area (Å²) in [5.74, 6) is -2.86. The number of hydrogen-bond donors (Lipinski definition) is 3. The number of amides is 1. The third-order valence-corrected chi connectivity index (χ3v) is 4.22. The Morgan fingerprint density at radius 3 is 2.52 bits per heavy atom. The highest BCUT2D eigenvalue weighted by molar-refractivity contribution is 5.94. The van der Waals surface area contributed by atoms with Gasteiger partial charge in [0.05, 0.1) is 6.04 Å². The Hall–Kier alpha value is -3.48. The molecule has 1 amide bonds. The van der Waals surface area contributed by atoms with Crippen molar-refractivity contribution in [3.05, 3.63) is 46.7 Å². The highest BCUT2D eigenvalue weighted by atomic mass is 19.4. The molecule has 0 bridgehead atoms. The highest BCUT2D eigenvalue weighted by Gasteiger charge is 2.38. The first-order valence-electron chi connectivity index (χ1n) is 8.74. The van der Waals surface area contributed by atoms with Crippen LogP contribution in [0.15, 0.2) is 22.6 Å². The van der Waals surface area contributed by atoms with E-state index < -0.39 is 18.2 Å². The summed E-state index contributed by atoms with van der Waals surface area (Å²) in [6.07, 6.45) is -5.08. The van der Waals surface area contributed by atoms with E-state index in [0.29, 0.717) is 28.1 Å². The number of furan rings is 1. The number of aliphatic carboxylic acids is 1. The number of carboxylic acid groups (broad SMARTS) is 1. The van der Waals surface area contributed by atoms with Crippen molar-refractivity contribution in [1.82, 2.24) is 20.3 Å². The van der Waals surface area contributed by atoms with Crippen LogP contribution in [-0.2, 0) is 18.4 Å². The quantitative estimate of drug-likeness (QED) is 0.525. The van der Waals surface area contributed by atoms with Gasteiger partial charge in [0, 0.05) is 24.5 Å². The van der Waals surface area contributed by atoms with Gasteiger partial charge >= 0.3 is 12.1 Å². The van der Waals surface area contributed by atoms with Crippen molar-refractivity contribution in [3.63, 3.8) is 0 Å². The normalized spacial score (nSPS) is 12.3. The molecule has 1 atom stereocenters. The Morgan fingerprint density at radius 1 is 1.35 bits per heavy atom. The van der Waals surface area contributed by atoms with Gasteiger partial charge in [-0.05, 0) is 32.0 Å². The number of carbonyl (C=O) groups excluding carboxylic acids is 1. The Labute approximate surface area is 172 Å². The summed E-state index contributed by atoms with van der Waals surface area (Å²) >= 11 is 0. The van der Waals surface area contributed by atoms with E-state index in [2.05, 4.69) is 15.6 Å². The van der Waals surface area contributed by atoms with Gasteiger partial charge in [-0.1, -0.05) is 5.21 Å². The topological polar surface area (TPSA) is 136 Å². The van der Waals surface area contributed by atoms with Gasteiger partial charge in [0.25, 0.3) is 5.91 Å². The summed E-state index contributed by atoms with van der Waals surface area (Å²) < 4.78 is 52.3. The molecule has 0 saturated heterocycles. The molecule has 0 fully saturated rings. The minimum absolute atomic E-state index is 0.119. The van der Waals surface area contributed by atoms with Gasteiger partial charge in [-0.15, -0.1) is 5.10 Å². The molecule has 3 aromatic rings. The van der Waals surface area contributed by atoms with Gasteiger partial charge in [-0.2, -0.15) is 13.2 Å². The summed E-state index contributed by atoms with van der Waals surface area (Å²) in [6, 6.07) is 3.93. The highest BCUT2D eigenvalue weighted by Crippen LogP contribution is 2.30. The molecule has 0 saturated carbocycles. The lowest BCUT2D eigenvalue weighted by molar-refractivity contribution is -0.192. The van der Waals surface area contributed by atoms with E-state index >= 15 is 0 Å². The molecule has 2 heterocycles. The number of fused-ring (bicyclic) bond motifs is 1. The number of aryl methyl sites for hydroxylation is 2. The van der Waals surface area contributed by atoms with Crippen molar-refractivity contribution in [3.8, 4) is 0 Å². The van der Waals surface area contributed by atoms with Crippen LogP contribution in [0.1, 0.15) is 40.5 Å². The zero-order valence-electron chi connectivity index (χ0n) is 16.6. The van der Waals surface area contributed by atoms with Gasteiger partial charge in [0.15, 0.2) is 5.69 Å². The SMILES string of the molecule is Cc1c(C(C)NC(=O)c2c(CN)nnn2C)oc2ccc(F)cc12.O=C(O)C(F)(F)F. The van der Waals surface area contributed by atoms with Crippen molar-refractivity contribution in [2.24, 2.45) is 12.8 Å². The monoisotopic (exact) mass is 445 g/mol. The van der Waals surface area contributed by atoms with E-state index in [4.69, 9.17) is 20.1 Å². The number of hydrogen-bond acceptors (Lipinski definition) is 6. The fourth-order valence-corrected chi connectivity index (χ4v) is 2.77. The van der Waals surface area contributed by atoms with E-state index in [1.54, 1.807) is 20.0 Å². The number of rotatable bonds is 4. The molecule has 1 aromatic carbocycles. The first-order chi connectivity index (χ1) is 14.4. The Bertz CT molecular complexity index is 1110. The number of nitrogens with one attached hydrogen (secondary N) is 1. The fourth-order valence-electron chi connectivity index (χ4n) is 2.77. The molecule has 9 nitrogen and oxygen atoms in total. The predicted molar refractivity (Wildman–Crippen MR) is 99.4 cm³/mol. The average molecular weight is 445 g/mol. The molecule has 168 valence electrons. The third-order valence-electron chi connectivity index (χ3n) is 4.22. The van der Waals surface area contributed by atoms with Crippen LogP contribution in [0.5, 0.6) is 0 Å². The average Bonchev–Trinajstić information content (AvgIpc) is 3.21. The number of carbonyl (C=O) groups is 2. The van der Waals surface area contributed by atoms with Crippen molar-refractivity contribution in [2.45, 2.75) is 32.6 Å². The standard InChI is InChI=1S/C16H18FN5O2.C2HF3O2/c1-8-11-6-10(17)4-5-13(11)24-15(8)9(2)19-16(23)14-12(7-18)20-21-22(14)3;3-2(4,5)1(6)7/h4-6,9H,7,18H2,1-3H3,(H,19,23);(H,6,7). The van der Waals surface area contributed by atoms with E-state index in [1.807, 2.05) is 6.92 Å². The third kappa shape index (κ3) is 5.36. The Balaban J connectivity index is 0.000000423. The van der Waals surface area contributed by atoms with E-state index in [0.717, 1.165) is 5.56 Å². The summed E-state index contributed by atoms with van der Waals surface area (Å²) in [7, 11) is 1.63. The molecule has 4 N–H and O–H groups in total. The Kier molecular flexibility index (Phi) is 7.00. The number of benzene rings is 1. The number of alkyl halides is 3. The van der Waals surface area contributed by atoms with E-state index in [-0.39, 0.29) is 18.3 Å². The molecular weight excluding hydrogens is 426 g/mol. The van der Waals surface area contributed by atoms with Gasteiger partial charge in [0.2, 0.25) is 0 Å². The maximum absolute atomic E-state index is 13.4. The van der Waals surface area contributed by atoms with E-state index in [1.165, 1.54) is 16.8 Å². The van der Waals surface area contributed by atoms with Gasteiger partial charge < -0.3 is 20.6 Å². The number of nitrogens with zero attached hydrogens (tertiary/aromatic N) is 3. The van der Waals surface area contributed by atoms with Crippen LogP contribution in [0.2, 0.25) is 0 Å². The van der Waals surface area contributed by atoms with Gasteiger partial charge in [-0.3, -0.25) is 4.79 Å². The first kappa shape index (κ1) is 23.8. The molecule has 2 aromatic heterocycles. The zero-order valence-corrected chi connectivity index (χ0v) is 16.6. The molecular formula is C18H19F4N5O4. The predicted octanol–water partition coefficient (Wildman–Crippen LogP) is 2.59. The summed E-state index contributed by atoms with van der Waals surface area (Å²) in [6.45, 7) is 3.75. The minimum atomic E-state index is -5.08. The molecule has 0 aliphatic heterocycles. The lowest BCUT2D eigenvalue weighted by Gasteiger charge is -2.13. The maximum atomic E-state index is 13.4. The molecule has 1 unspecified atom stereocenters. The second-order valence-electron chi connectivity index (χ2n) is 6.44. The summed E-state index contributed by atoms with van der Waals surface area (Å²) in [5.41, 5.74) is 7.68. The van der Waals surface area contributed by atoms with Gasteiger partial charge in [0.1, 0.15) is 22.9 Å². The van der Waals surface area contributed by atoms with Crippen molar-refractivity contribution in [2.75, 3.05) is 0 Å². The van der Waals surface area contributed by atoms with Crippen LogP contribution in [0.3, 0.4) is 0 Å². The van der Waals surface area contributed by atoms with Crippen LogP contribution in [0.4, 0.5) is 17.6 Å². The van der Waals surface area contributed by atoms with Crippen LogP contribution in [0, 0.1) is 12.7 Å².